The molecule has 1 saturated carbocycles. The molecule has 88 valence electrons. The second kappa shape index (κ2) is 4.11. The van der Waals surface area contributed by atoms with E-state index in [1.54, 1.807) is 4.88 Å². The Morgan fingerprint density at radius 1 is 1.50 bits per heavy atom. The average molecular weight is 236 g/mol. The molecule has 1 aromatic rings. The zero-order valence-corrected chi connectivity index (χ0v) is 10.9. The maximum atomic E-state index is 4.94. The van der Waals surface area contributed by atoms with Crippen molar-refractivity contribution in [3.8, 4) is 0 Å². The van der Waals surface area contributed by atoms with E-state index in [4.69, 9.17) is 4.98 Å². The van der Waals surface area contributed by atoms with E-state index in [0.717, 1.165) is 18.4 Å². The standard InChI is InChI=1S/C13H20N2S/c1-8-6-10(8)13-15-12-9(7-14-2)4-3-5-11(12)16-13/h8-10,14H,3-7H2,1-2H3. The van der Waals surface area contributed by atoms with Crippen molar-refractivity contribution in [2.24, 2.45) is 5.92 Å². The molecule has 2 nitrogen and oxygen atoms in total. The number of likely N-dealkylation sites (N-methyl/N-ethyl adjacent to an activating group) is 1. The first-order valence-corrected chi connectivity index (χ1v) is 7.25. The third kappa shape index (κ3) is 1.80. The molecule has 0 radical (unpaired) electrons. The van der Waals surface area contributed by atoms with Crippen LogP contribution in [0.3, 0.4) is 0 Å². The topological polar surface area (TPSA) is 24.9 Å². The minimum Gasteiger partial charge on any atom is -0.319 e. The van der Waals surface area contributed by atoms with E-state index in [-0.39, 0.29) is 0 Å². The van der Waals surface area contributed by atoms with Gasteiger partial charge in [-0.3, -0.25) is 0 Å². The largest absolute Gasteiger partial charge is 0.319 e. The summed E-state index contributed by atoms with van der Waals surface area (Å²) in [6, 6.07) is 0. The fourth-order valence-corrected chi connectivity index (χ4v) is 4.24. The van der Waals surface area contributed by atoms with Gasteiger partial charge < -0.3 is 5.32 Å². The molecule has 16 heavy (non-hydrogen) atoms. The predicted molar refractivity (Wildman–Crippen MR) is 68.2 cm³/mol. The fourth-order valence-electron chi connectivity index (χ4n) is 2.80. The number of aryl methyl sites for hydroxylation is 1. The lowest BCUT2D eigenvalue weighted by Crippen LogP contribution is -2.21. The quantitative estimate of drug-likeness (QED) is 0.873. The molecule has 0 spiro atoms. The molecule has 1 heterocycles. The van der Waals surface area contributed by atoms with Crippen molar-refractivity contribution in [3.05, 3.63) is 15.6 Å². The van der Waals surface area contributed by atoms with Gasteiger partial charge in [0.2, 0.25) is 0 Å². The van der Waals surface area contributed by atoms with Crippen molar-refractivity contribution in [2.75, 3.05) is 13.6 Å². The average Bonchev–Trinajstić information content (AvgIpc) is 2.85. The summed E-state index contributed by atoms with van der Waals surface area (Å²) in [4.78, 5) is 6.53. The lowest BCUT2D eigenvalue weighted by atomic mass is 9.91. The molecule has 3 unspecified atom stereocenters. The van der Waals surface area contributed by atoms with Gasteiger partial charge in [-0.25, -0.2) is 4.98 Å². The van der Waals surface area contributed by atoms with Gasteiger partial charge in [0.1, 0.15) is 0 Å². The number of thiazole rings is 1. The van der Waals surface area contributed by atoms with Crippen LogP contribution in [0.1, 0.15) is 53.6 Å². The summed E-state index contributed by atoms with van der Waals surface area (Å²) in [5, 5.41) is 4.74. The summed E-state index contributed by atoms with van der Waals surface area (Å²) < 4.78 is 0. The molecule has 3 atom stereocenters. The van der Waals surface area contributed by atoms with Crippen molar-refractivity contribution in [3.63, 3.8) is 0 Å². The van der Waals surface area contributed by atoms with Crippen LogP contribution in [0, 0.1) is 5.92 Å². The zero-order valence-electron chi connectivity index (χ0n) is 10.1. The molecular formula is C13H20N2S. The highest BCUT2D eigenvalue weighted by atomic mass is 32.1. The SMILES string of the molecule is CNCC1CCCc2sc(C3CC3C)nc21. The van der Waals surface area contributed by atoms with E-state index >= 15 is 0 Å². The van der Waals surface area contributed by atoms with Crippen LogP contribution in [0.2, 0.25) is 0 Å². The maximum Gasteiger partial charge on any atom is 0.0964 e. The number of hydrogen-bond donors (Lipinski definition) is 1. The molecule has 1 aromatic heterocycles. The molecular weight excluding hydrogens is 216 g/mol. The smallest absolute Gasteiger partial charge is 0.0964 e. The summed E-state index contributed by atoms with van der Waals surface area (Å²) in [5.41, 5.74) is 1.43. The first kappa shape index (κ1) is 10.7. The molecule has 2 aliphatic rings. The summed E-state index contributed by atoms with van der Waals surface area (Å²) in [6.45, 7) is 3.44. The van der Waals surface area contributed by atoms with Gasteiger partial charge in [0.25, 0.3) is 0 Å². The second-order valence-electron chi connectivity index (χ2n) is 5.33. The van der Waals surface area contributed by atoms with Gasteiger partial charge in [0.15, 0.2) is 0 Å². The Kier molecular flexibility index (Phi) is 2.76. The van der Waals surface area contributed by atoms with Gasteiger partial charge in [-0.1, -0.05) is 6.92 Å². The predicted octanol–water partition coefficient (Wildman–Crippen LogP) is 2.91. The molecule has 3 heteroatoms. The van der Waals surface area contributed by atoms with E-state index in [1.165, 1.54) is 36.4 Å². The summed E-state index contributed by atoms with van der Waals surface area (Å²) in [6.07, 6.45) is 5.30. The minimum absolute atomic E-state index is 0.674. The molecule has 1 N–H and O–H groups in total. The Balaban J connectivity index is 1.86. The fraction of sp³-hybridized carbons (Fsp3) is 0.769. The first-order chi connectivity index (χ1) is 7.79. The molecule has 1 fully saturated rings. The van der Waals surface area contributed by atoms with Gasteiger partial charge in [-0.15, -0.1) is 11.3 Å². The molecule has 0 bridgehead atoms. The van der Waals surface area contributed by atoms with Crippen molar-refractivity contribution >= 4 is 11.3 Å². The van der Waals surface area contributed by atoms with Crippen LogP contribution in [0.5, 0.6) is 0 Å². The Hall–Kier alpha value is -0.410. The van der Waals surface area contributed by atoms with Crippen LogP contribution in [0.15, 0.2) is 0 Å². The Bertz CT molecular complexity index is 385. The number of nitrogens with one attached hydrogen (secondary N) is 1. The van der Waals surface area contributed by atoms with Gasteiger partial charge >= 0.3 is 0 Å². The van der Waals surface area contributed by atoms with Gasteiger partial charge in [-0.2, -0.15) is 0 Å². The normalized spacial score (nSPS) is 32.5. The molecule has 0 aliphatic heterocycles. The summed E-state index contributed by atoms with van der Waals surface area (Å²) >= 11 is 2.00. The van der Waals surface area contributed by atoms with Crippen LogP contribution in [0.4, 0.5) is 0 Å². The van der Waals surface area contributed by atoms with Crippen molar-refractivity contribution in [1.82, 2.24) is 10.3 Å². The van der Waals surface area contributed by atoms with Gasteiger partial charge in [0, 0.05) is 23.3 Å². The van der Waals surface area contributed by atoms with Gasteiger partial charge in [0.05, 0.1) is 10.7 Å². The summed E-state index contributed by atoms with van der Waals surface area (Å²) in [7, 11) is 2.05. The van der Waals surface area contributed by atoms with Crippen molar-refractivity contribution in [2.45, 2.75) is 44.4 Å². The molecule has 2 aliphatic carbocycles. The third-order valence-corrected chi connectivity index (χ3v) is 5.23. The highest BCUT2D eigenvalue weighted by Crippen LogP contribution is 2.50. The first-order valence-electron chi connectivity index (χ1n) is 6.43. The Labute approximate surface area is 101 Å². The zero-order chi connectivity index (χ0) is 11.1. The number of hydrogen-bond acceptors (Lipinski definition) is 3. The van der Waals surface area contributed by atoms with Crippen LogP contribution in [-0.2, 0) is 6.42 Å². The van der Waals surface area contributed by atoms with Crippen molar-refractivity contribution < 1.29 is 0 Å². The molecule has 3 rings (SSSR count). The van der Waals surface area contributed by atoms with E-state index in [2.05, 4.69) is 12.2 Å². The lowest BCUT2D eigenvalue weighted by Gasteiger charge is -2.20. The summed E-state index contributed by atoms with van der Waals surface area (Å²) in [5.74, 6) is 2.36. The van der Waals surface area contributed by atoms with Crippen LogP contribution >= 0.6 is 11.3 Å². The number of fused-ring (bicyclic) bond motifs is 1. The minimum atomic E-state index is 0.674. The van der Waals surface area contributed by atoms with E-state index in [0.29, 0.717) is 5.92 Å². The third-order valence-electron chi connectivity index (χ3n) is 3.96. The monoisotopic (exact) mass is 236 g/mol. The van der Waals surface area contributed by atoms with E-state index < -0.39 is 0 Å². The highest BCUT2D eigenvalue weighted by Gasteiger charge is 2.38. The molecule has 0 aromatic carbocycles. The van der Waals surface area contributed by atoms with Crippen LogP contribution < -0.4 is 5.32 Å². The van der Waals surface area contributed by atoms with Crippen LogP contribution in [0.25, 0.3) is 0 Å². The van der Waals surface area contributed by atoms with Gasteiger partial charge in [-0.05, 0) is 38.6 Å². The Morgan fingerprint density at radius 2 is 2.31 bits per heavy atom. The van der Waals surface area contributed by atoms with E-state index in [1.807, 2.05) is 18.4 Å². The van der Waals surface area contributed by atoms with Crippen LogP contribution in [-0.4, -0.2) is 18.6 Å². The van der Waals surface area contributed by atoms with Crippen molar-refractivity contribution in [1.29, 1.82) is 0 Å². The van der Waals surface area contributed by atoms with E-state index in [9.17, 15) is 0 Å². The lowest BCUT2D eigenvalue weighted by molar-refractivity contribution is 0.521. The number of nitrogens with zero attached hydrogens (tertiary/aromatic N) is 1. The number of aromatic nitrogens is 1. The second-order valence-corrected chi connectivity index (χ2v) is 6.44. The number of rotatable bonds is 3. The Morgan fingerprint density at radius 3 is 3.00 bits per heavy atom. The molecule has 0 saturated heterocycles. The maximum absolute atomic E-state index is 4.94. The highest BCUT2D eigenvalue weighted by molar-refractivity contribution is 7.11. The molecule has 0 amide bonds.